The van der Waals surface area contributed by atoms with E-state index in [0.29, 0.717) is 0 Å². The molecule has 2 aromatic rings. The number of aromatic nitrogens is 2. The molecule has 7 heteroatoms. The minimum atomic E-state index is -0.830. The van der Waals surface area contributed by atoms with E-state index >= 15 is 0 Å². The highest BCUT2D eigenvalue weighted by Crippen LogP contribution is 2.31. The second-order valence-electron chi connectivity index (χ2n) is 3.08. The summed E-state index contributed by atoms with van der Waals surface area (Å²) >= 11 is 0. The third-order valence-corrected chi connectivity index (χ3v) is 2.11. The van der Waals surface area contributed by atoms with Crippen molar-refractivity contribution in [1.29, 1.82) is 0 Å². The Morgan fingerprint density at radius 1 is 1.25 bits per heavy atom. The van der Waals surface area contributed by atoms with Gasteiger partial charge >= 0.3 is 11.2 Å². The number of phenolic OH excluding ortho intramolecular Hbond substituents is 1. The quantitative estimate of drug-likeness (QED) is 0.518. The summed E-state index contributed by atoms with van der Waals surface area (Å²) in [6.07, 6.45) is 0. The highest BCUT2D eigenvalue weighted by molar-refractivity contribution is 5.73. The van der Waals surface area contributed by atoms with Crippen molar-refractivity contribution < 1.29 is 10.0 Å². The highest BCUT2D eigenvalue weighted by atomic mass is 16.6. The predicted molar refractivity (Wildman–Crippen MR) is 55.2 cm³/mol. The smallest absolute Gasteiger partial charge is 0.360 e. The molecule has 0 unspecified atom stereocenters. The number of aromatic hydroxyl groups is 1. The van der Waals surface area contributed by atoms with E-state index in [-0.39, 0.29) is 17.0 Å². The Morgan fingerprint density at radius 2 is 1.94 bits per heavy atom. The fraction of sp³-hybridized carbons (Fsp3) is 0. The SMILES string of the molecule is O=c1[nH][nH]c(-c2ccccc2O)c1[N+](=O)[O-]. The van der Waals surface area contributed by atoms with Crippen molar-refractivity contribution in [2.75, 3.05) is 0 Å². The largest absolute Gasteiger partial charge is 0.507 e. The molecule has 0 aliphatic carbocycles. The molecule has 1 heterocycles. The molecule has 0 saturated heterocycles. The topological polar surface area (TPSA) is 112 Å². The Kier molecular flexibility index (Phi) is 2.20. The summed E-state index contributed by atoms with van der Waals surface area (Å²) in [6.45, 7) is 0. The molecule has 0 aliphatic heterocycles. The van der Waals surface area contributed by atoms with Crippen LogP contribution in [0, 0.1) is 10.1 Å². The summed E-state index contributed by atoms with van der Waals surface area (Å²) in [5.41, 5.74) is -1.27. The lowest BCUT2D eigenvalue weighted by Gasteiger charge is -1.99. The monoisotopic (exact) mass is 221 g/mol. The maximum absolute atomic E-state index is 11.2. The van der Waals surface area contributed by atoms with Crippen LogP contribution in [0.1, 0.15) is 0 Å². The van der Waals surface area contributed by atoms with Gasteiger partial charge in [0.2, 0.25) is 0 Å². The van der Waals surface area contributed by atoms with Crippen molar-refractivity contribution in [2.45, 2.75) is 0 Å². The first-order chi connectivity index (χ1) is 7.61. The molecule has 0 aliphatic rings. The lowest BCUT2D eigenvalue weighted by atomic mass is 10.1. The van der Waals surface area contributed by atoms with Gasteiger partial charge in [0, 0.05) is 5.56 Å². The van der Waals surface area contributed by atoms with Gasteiger partial charge in [0.05, 0.1) is 4.92 Å². The predicted octanol–water partition coefficient (Wildman–Crippen LogP) is 0.984. The molecular weight excluding hydrogens is 214 g/mol. The Labute approximate surface area is 88.5 Å². The molecule has 2 rings (SSSR count). The number of H-pyrrole nitrogens is 2. The zero-order valence-electron chi connectivity index (χ0n) is 7.93. The summed E-state index contributed by atoms with van der Waals surface area (Å²) in [4.78, 5) is 21.0. The van der Waals surface area contributed by atoms with Crippen LogP contribution in [0.5, 0.6) is 5.75 Å². The molecule has 1 aromatic carbocycles. The minimum absolute atomic E-state index is 0.0342. The second-order valence-corrected chi connectivity index (χ2v) is 3.08. The number of rotatable bonds is 2. The van der Waals surface area contributed by atoms with Crippen molar-refractivity contribution in [2.24, 2.45) is 0 Å². The maximum Gasteiger partial charge on any atom is 0.360 e. The molecule has 0 saturated carbocycles. The average Bonchev–Trinajstić information content (AvgIpc) is 2.61. The molecule has 0 atom stereocenters. The molecule has 0 spiro atoms. The number of nitrogens with zero attached hydrogens (tertiary/aromatic N) is 1. The van der Waals surface area contributed by atoms with Gasteiger partial charge in [-0.3, -0.25) is 25.1 Å². The lowest BCUT2D eigenvalue weighted by molar-refractivity contribution is -0.385. The molecule has 0 radical (unpaired) electrons. The fourth-order valence-corrected chi connectivity index (χ4v) is 1.41. The van der Waals surface area contributed by atoms with Crippen molar-refractivity contribution >= 4 is 5.69 Å². The van der Waals surface area contributed by atoms with Crippen molar-refractivity contribution in [1.82, 2.24) is 10.2 Å². The number of phenols is 1. The van der Waals surface area contributed by atoms with E-state index in [1.165, 1.54) is 12.1 Å². The standard InChI is InChI=1S/C9H7N3O4/c13-6-4-2-1-3-5(6)7-8(12(15)16)9(14)11-10-7/h1-4,13H,(H2,10,11,14). The normalized spacial score (nSPS) is 10.2. The van der Waals surface area contributed by atoms with Crippen LogP contribution in [-0.4, -0.2) is 20.2 Å². The third kappa shape index (κ3) is 1.44. The average molecular weight is 221 g/mol. The molecule has 82 valence electrons. The van der Waals surface area contributed by atoms with E-state index in [0.717, 1.165) is 0 Å². The summed E-state index contributed by atoms with van der Waals surface area (Å²) in [6, 6.07) is 6.03. The Bertz CT molecular complexity index is 599. The maximum atomic E-state index is 11.2. The highest BCUT2D eigenvalue weighted by Gasteiger charge is 2.24. The number of aromatic amines is 2. The zero-order valence-corrected chi connectivity index (χ0v) is 7.93. The van der Waals surface area contributed by atoms with Gasteiger partial charge in [0.15, 0.2) is 0 Å². The number of para-hydroxylation sites is 1. The van der Waals surface area contributed by atoms with Gasteiger partial charge in [-0.1, -0.05) is 12.1 Å². The van der Waals surface area contributed by atoms with Gasteiger partial charge in [0.25, 0.3) is 0 Å². The number of benzene rings is 1. The number of nitro groups is 1. The molecule has 0 amide bonds. The van der Waals surface area contributed by atoms with Gasteiger partial charge < -0.3 is 5.11 Å². The van der Waals surface area contributed by atoms with E-state index in [9.17, 15) is 20.0 Å². The van der Waals surface area contributed by atoms with Crippen LogP contribution in [0.3, 0.4) is 0 Å². The van der Waals surface area contributed by atoms with Gasteiger partial charge in [-0.05, 0) is 12.1 Å². The summed E-state index contributed by atoms with van der Waals surface area (Å²) in [5, 5.41) is 24.7. The Hall–Kier alpha value is -2.57. The number of nitrogens with one attached hydrogen (secondary N) is 2. The summed E-state index contributed by atoms with van der Waals surface area (Å²) in [7, 11) is 0. The van der Waals surface area contributed by atoms with E-state index in [1.807, 2.05) is 0 Å². The van der Waals surface area contributed by atoms with Crippen LogP contribution in [0.4, 0.5) is 5.69 Å². The third-order valence-electron chi connectivity index (χ3n) is 2.11. The summed E-state index contributed by atoms with van der Waals surface area (Å²) in [5.74, 6) is -0.138. The molecular formula is C9H7N3O4. The molecule has 7 nitrogen and oxygen atoms in total. The number of hydrogen-bond acceptors (Lipinski definition) is 4. The summed E-state index contributed by atoms with van der Waals surface area (Å²) < 4.78 is 0. The molecule has 3 N–H and O–H groups in total. The van der Waals surface area contributed by atoms with Gasteiger partial charge in [-0.15, -0.1) is 0 Å². The van der Waals surface area contributed by atoms with Crippen molar-refractivity contribution in [3.63, 3.8) is 0 Å². The van der Waals surface area contributed by atoms with Crippen LogP contribution in [0.25, 0.3) is 11.3 Å². The van der Waals surface area contributed by atoms with Gasteiger partial charge in [-0.25, -0.2) is 0 Å². The molecule has 0 bridgehead atoms. The van der Waals surface area contributed by atoms with Crippen LogP contribution in [0.2, 0.25) is 0 Å². The first-order valence-corrected chi connectivity index (χ1v) is 4.34. The lowest BCUT2D eigenvalue weighted by Crippen LogP contribution is -2.05. The van der Waals surface area contributed by atoms with Crippen LogP contribution < -0.4 is 5.56 Å². The van der Waals surface area contributed by atoms with Crippen LogP contribution in [-0.2, 0) is 0 Å². The second kappa shape index (κ2) is 3.54. The molecule has 1 aromatic heterocycles. The molecule has 16 heavy (non-hydrogen) atoms. The van der Waals surface area contributed by atoms with E-state index in [4.69, 9.17) is 0 Å². The zero-order chi connectivity index (χ0) is 11.7. The van der Waals surface area contributed by atoms with Gasteiger partial charge in [0.1, 0.15) is 11.4 Å². The Morgan fingerprint density at radius 3 is 2.56 bits per heavy atom. The first kappa shape index (κ1) is 9.97. The Balaban J connectivity index is 2.71. The minimum Gasteiger partial charge on any atom is -0.507 e. The van der Waals surface area contributed by atoms with E-state index in [2.05, 4.69) is 10.2 Å². The molecule has 0 fully saturated rings. The van der Waals surface area contributed by atoms with Crippen LogP contribution >= 0.6 is 0 Å². The van der Waals surface area contributed by atoms with Crippen molar-refractivity contribution in [3.8, 4) is 17.0 Å². The fourth-order valence-electron chi connectivity index (χ4n) is 1.41. The number of hydrogen-bond donors (Lipinski definition) is 3. The van der Waals surface area contributed by atoms with Gasteiger partial charge in [-0.2, -0.15) is 0 Å². The van der Waals surface area contributed by atoms with Crippen molar-refractivity contribution in [3.05, 3.63) is 44.7 Å². The first-order valence-electron chi connectivity index (χ1n) is 4.34. The van der Waals surface area contributed by atoms with E-state index in [1.54, 1.807) is 12.1 Å². The van der Waals surface area contributed by atoms with E-state index < -0.39 is 16.2 Å². The van der Waals surface area contributed by atoms with Crippen LogP contribution in [0.15, 0.2) is 29.1 Å².